The first-order valence-corrected chi connectivity index (χ1v) is 9.53. The lowest BCUT2D eigenvalue weighted by atomic mass is 9.92. The van der Waals surface area contributed by atoms with Crippen molar-refractivity contribution >= 4 is 23.3 Å². The average molecular weight is 369 g/mol. The van der Waals surface area contributed by atoms with Gasteiger partial charge in [0, 0.05) is 18.3 Å². The number of carbonyl (C=O) groups excluding carboxylic acids is 2. The van der Waals surface area contributed by atoms with Gasteiger partial charge < -0.3 is 20.5 Å². The number of hydrogen-bond acceptors (Lipinski definition) is 6. The molecule has 0 saturated heterocycles. The maximum absolute atomic E-state index is 12.2. The van der Waals surface area contributed by atoms with Gasteiger partial charge in [-0.05, 0) is 33.6 Å². The molecule has 1 aromatic heterocycles. The topological polar surface area (TPSA) is 101 Å². The predicted molar refractivity (Wildman–Crippen MR) is 95.8 cm³/mol. The Hall–Kier alpha value is -1.67. The van der Waals surface area contributed by atoms with E-state index < -0.39 is 17.8 Å². The molecule has 0 radical (unpaired) electrons. The van der Waals surface area contributed by atoms with Crippen molar-refractivity contribution in [1.82, 2.24) is 15.6 Å². The third-order valence-corrected chi connectivity index (χ3v) is 4.75. The zero-order valence-corrected chi connectivity index (χ0v) is 15.8. The van der Waals surface area contributed by atoms with Crippen LogP contribution in [0.2, 0.25) is 0 Å². The van der Waals surface area contributed by atoms with Gasteiger partial charge in [0.1, 0.15) is 11.3 Å². The zero-order chi connectivity index (χ0) is 18.4. The van der Waals surface area contributed by atoms with Gasteiger partial charge in [0.15, 0.2) is 0 Å². The summed E-state index contributed by atoms with van der Waals surface area (Å²) in [5.74, 6) is -0.256. The van der Waals surface area contributed by atoms with Gasteiger partial charge in [0.25, 0.3) is 5.91 Å². The van der Waals surface area contributed by atoms with Crippen molar-refractivity contribution in [3.05, 3.63) is 16.1 Å². The number of alkyl carbamates (subject to hydrolysis) is 1. The molecule has 0 unspecified atom stereocenters. The SMILES string of the molecule is CC(C)(C)OC(=O)NCCc1nc(C(=O)N[C@@H]2CCCC[C@H]2O)cs1. The number of ether oxygens (including phenoxy) is 1. The van der Waals surface area contributed by atoms with E-state index in [9.17, 15) is 14.7 Å². The molecule has 8 heteroatoms. The summed E-state index contributed by atoms with van der Waals surface area (Å²) in [5.41, 5.74) is -0.171. The number of aliphatic hydroxyl groups excluding tert-OH is 1. The lowest BCUT2D eigenvalue weighted by Gasteiger charge is -2.27. The number of nitrogens with zero attached hydrogens (tertiary/aromatic N) is 1. The Bertz CT molecular complexity index is 597. The average Bonchev–Trinajstić information content (AvgIpc) is 2.96. The normalized spacial score (nSPS) is 20.8. The van der Waals surface area contributed by atoms with Gasteiger partial charge in [-0.1, -0.05) is 12.8 Å². The van der Waals surface area contributed by atoms with Crippen molar-refractivity contribution in [2.75, 3.05) is 6.54 Å². The molecule has 140 valence electrons. The fourth-order valence-electron chi connectivity index (χ4n) is 2.64. The summed E-state index contributed by atoms with van der Waals surface area (Å²) >= 11 is 1.38. The summed E-state index contributed by atoms with van der Waals surface area (Å²) in [6.45, 7) is 5.81. The third kappa shape index (κ3) is 6.62. The van der Waals surface area contributed by atoms with Gasteiger partial charge in [0.05, 0.1) is 17.2 Å². The number of amides is 2. The van der Waals surface area contributed by atoms with E-state index in [1.807, 2.05) is 20.8 Å². The molecule has 0 aromatic carbocycles. The second-order valence-electron chi connectivity index (χ2n) is 7.24. The molecular weight excluding hydrogens is 342 g/mol. The van der Waals surface area contributed by atoms with Crippen molar-refractivity contribution in [3.8, 4) is 0 Å². The first-order chi connectivity index (χ1) is 11.7. The van der Waals surface area contributed by atoms with Crippen LogP contribution in [0.25, 0.3) is 0 Å². The molecule has 0 aliphatic heterocycles. The molecule has 0 bridgehead atoms. The van der Waals surface area contributed by atoms with E-state index in [0.29, 0.717) is 18.7 Å². The van der Waals surface area contributed by atoms with Gasteiger partial charge in [-0.15, -0.1) is 11.3 Å². The quantitative estimate of drug-likeness (QED) is 0.739. The van der Waals surface area contributed by atoms with Crippen LogP contribution in [0.4, 0.5) is 4.79 Å². The molecule has 7 nitrogen and oxygen atoms in total. The highest BCUT2D eigenvalue weighted by atomic mass is 32.1. The molecule has 3 N–H and O–H groups in total. The Morgan fingerprint density at radius 1 is 1.36 bits per heavy atom. The van der Waals surface area contributed by atoms with Crippen molar-refractivity contribution in [2.45, 2.75) is 70.6 Å². The molecule has 2 atom stereocenters. The van der Waals surface area contributed by atoms with Crippen molar-refractivity contribution in [3.63, 3.8) is 0 Å². The number of thiazole rings is 1. The molecule has 1 aromatic rings. The van der Waals surface area contributed by atoms with Crippen LogP contribution in [-0.2, 0) is 11.2 Å². The highest BCUT2D eigenvalue weighted by Crippen LogP contribution is 2.19. The lowest BCUT2D eigenvalue weighted by Crippen LogP contribution is -2.45. The van der Waals surface area contributed by atoms with E-state index in [0.717, 1.165) is 30.7 Å². The largest absolute Gasteiger partial charge is 0.444 e. The van der Waals surface area contributed by atoms with Gasteiger partial charge >= 0.3 is 6.09 Å². The van der Waals surface area contributed by atoms with Crippen molar-refractivity contribution in [2.24, 2.45) is 0 Å². The van der Waals surface area contributed by atoms with Gasteiger partial charge in [-0.2, -0.15) is 0 Å². The van der Waals surface area contributed by atoms with Gasteiger partial charge in [0.2, 0.25) is 0 Å². The molecule has 1 fully saturated rings. The first kappa shape index (κ1) is 19.7. The lowest BCUT2D eigenvalue weighted by molar-refractivity contribution is 0.0528. The molecule has 1 heterocycles. The minimum atomic E-state index is -0.528. The van der Waals surface area contributed by atoms with Crippen LogP contribution in [-0.4, -0.2) is 46.4 Å². The highest BCUT2D eigenvalue weighted by Gasteiger charge is 2.25. The predicted octanol–water partition coefficient (Wildman–Crippen LogP) is 2.24. The fraction of sp³-hybridized carbons (Fsp3) is 0.706. The van der Waals surface area contributed by atoms with E-state index >= 15 is 0 Å². The second kappa shape index (κ2) is 8.62. The molecule has 1 aliphatic carbocycles. The number of aliphatic hydroxyl groups is 1. The van der Waals surface area contributed by atoms with E-state index in [-0.39, 0.29) is 11.9 Å². The molecular formula is C17H27N3O4S. The third-order valence-electron chi connectivity index (χ3n) is 3.84. The van der Waals surface area contributed by atoms with Crippen LogP contribution >= 0.6 is 11.3 Å². The zero-order valence-electron chi connectivity index (χ0n) is 15.0. The van der Waals surface area contributed by atoms with Gasteiger partial charge in [-0.25, -0.2) is 9.78 Å². The molecule has 2 amide bonds. The van der Waals surface area contributed by atoms with E-state index in [1.54, 1.807) is 5.38 Å². The number of carbonyl (C=O) groups is 2. The van der Waals surface area contributed by atoms with Crippen molar-refractivity contribution < 1.29 is 19.4 Å². The number of aromatic nitrogens is 1. The molecule has 1 saturated carbocycles. The molecule has 2 rings (SSSR count). The summed E-state index contributed by atoms with van der Waals surface area (Å²) in [7, 11) is 0. The smallest absolute Gasteiger partial charge is 0.407 e. The Kier molecular flexibility index (Phi) is 6.78. The summed E-state index contributed by atoms with van der Waals surface area (Å²) in [6, 6.07) is -0.194. The minimum absolute atomic E-state index is 0.194. The first-order valence-electron chi connectivity index (χ1n) is 8.65. The Labute approximate surface area is 152 Å². The van der Waals surface area contributed by atoms with Crippen LogP contribution in [0.5, 0.6) is 0 Å². The van der Waals surface area contributed by atoms with Crippen LogP contribution in [0, 0.1) is 0 Å². The number of hydrogen-bond donors (Lipinski definition) is 3. The van der Waals surface area contributed by atoms with Crippen LogP contribution in [0.15, 0.2) is 5.38 Å². The monoisotopic (exact) mass is 369 g/mol. The van der Waals surface area contributed by atoms with Crippen LogP contribution < -0.4 is 10.6 Å². The van der Waals surface area contributed by atoms with Crippen molar-refractivity contribution in [1.29, 1.82) is 0 Å². The Morgan fingerprint density at radius 2 is 2.08 bits per heavy atom. The summed E-state index contributed by atoms with van der Waals surface area (Å²) in [4.78, 5) is 28.1. The van der Waals surface area contributed by atoms with Crippen LogP contribution in [0.3, 0.4) is 0 Å². The maximum atomic E-state index is 12.2. The minimum Gasteiger partial charge on any atom is -0.444 e. The Morgan fingerprint density at radius 3 is 2.76 bits per heavy atom. The second-order valence-corrected chi connectivity index (χ2v) is 8.18. The highest BCUT2D eigenvalue weighted by molar-refractivity contribution is 7.09. The molecule has 0 spiro atoms. The molecule has 25 heavy (non-hydrogen) atoms. The van der Waals surface area contributed by atoms with E-state index in [2.05, 4.69) is 15.6 Å². The van der Waals surface area contributed by atoms with Crippen LogP contribution in [0.1, 0.15) is 62.0 Å². The molecule has 1 aliphatic rings. The standard InChI is InChI=1S/C17H27N3O4S/c1-17(2,3)24-16(23)18-9-8-14-19-12(10-25-14)15(22)20-11-6-4-5-7-13(11)21/h10-11,13,21H,4-9H2,1-3H3,(H,18,23)(H,20,22)/t11-,13-/m1/s1. The van der Waals surface area contributed by atoms with E-state index in [1.165, 1.54) is 11.3 Å². The fourth-order valence-corrected chi connectivity index (χ4v) is 3.42. The number of rotatable bonds is 5. The summed E-state index contributed by atoms with van der Waals surface area (Å²) in [5, 5.41) is 17.9. The number of nitrogens with one attached hydrogen (secondary N) is 2. The van der Waals surface area contributed by atoms with Gasteiger partial charge in [-0.3, -0.25) is 4.79 Å². The summed E-state index contributed by atoms with van der Waals surface area (Å²) in [6.07, 6.45) is 3.12. The Balaban J connectivity index is 1.77. The summed E-state index contributed by atoms with van der Waals surface area (Å²) < 4.78 is 5.16. The van der Waals surface area contributed by atoms with E-state index in [4.69, 9.17) is 4.74 Å². The maximum Gasteiger partial charge on any atom is 0.407 e.